The summed E-state index contributed by atoms with van der Waals surface area (Å²) in [5.74, 6) is -0.914. The monoisotopic (exact) mass is 249 g/mol. The van der Waals surface area contributed by atoms with E-state index in [9.17, 15) is 4.79 Å². The molecule has 1 fully saturated rings. The minimum atomic E-state index is -0.914. The minimum Gasteiger partial charge on any atom is -0.478 e. The smallest absolute Gasteiger partial charge is 0.335 e. The third-order valence-electron chi connectivity index (χ3n) is 3.34. The van der Waals surface area contributed by atoms with Crippen LogP contribution in [0.4, 0.5) is 11.4 Å². The highest BCUT2D eigenvalue weighted by Crippen LogP contribution is 2.25. The highest BCUT2D eigenvalue weighted by Gasteiger charge is 2.16. The fraction of sp³-hybridized carbons (Fsp3) is 0.462. The van der Waals surface area contributed by atoms with E-state index in [1.807, 2.05) is 0 Å². The van der Waals surface area contributed by atoms with Crippen molar-refractivity contribution in [3.05, 3.63) is 23.8 Å². The summed E-state index contributed by atoms with van der Waals surface area (Å²) in [6.07, 6.45) is 1.06. The van der Waals surface area contributed by atoms with Crippen LogP contribution in [0.3, 0.4) is 0 Å². The van der Waals surface area contributed by atoms with Crippen LogP contribution >= 0.6 is 0 Å². The molecule has 1 aliphatic rings. The van der Waals surface area contributed by atoms with Gasteiger partial charge in [-0.1, -0.05) is 0 Å². The van der Waals surface area contributed by atoms with Crippen LogP contribution < -0.4 is 10.6 Å². The molecule has 2 rings (SSSR count). The van der Waals surface area contributed by atoms with E-state index < -0.39 is 5.97 Å². The van der Waals surface area contributed by atoms with Crippen molar-refractivity contribution >= 4 is 17.3 Å². The van der Waals surface area contributed by atoms with Gasteiger partial charge in [-0.05, 0) is 38.2 Å². The van der Waals surface area contributed by atoms with Crippen LogP contribution in [0.25, 0.3) is 0 Å². The molecule has 18 heavy (non-hydrogen) atoms. The Morgan fingerprint density at radius 1 is 1.28 bits per heavy atom. The fourth-order valence-electron chi connectivity index (χ4n) is 2.24. The summed E-state index contributed by atoms with van der Waals surface area (Å²) in [4.78, 5) is 15.4. The lowest BCUT2D eigenvalue weighted by Gasteiger charge is -2.24. The van der Waals surface area contributed by atoms with Crippen LogP contribution in [0.1, 0.15) is 16.8 Å². The molecule has 3 N–H and O–H groups in total. The van der Waals surface area contributed by atoms with Crippen molar-refractivity contribution in [3.8, 4) is 0 Å². The van der Waals surface area contributed by atoms with Crippen molar-refractivity contribution in [2.24, 2.45) is 0 Å². The topological polar surface area (TPSA) is 69.8 Å². The van der Waals surface area contributed by atoms with Gasteiger partial charge in [0.25, 0.3) is 0 Å². The Labute approximate surface area is 107 Å². The third kappa shape index (κ3) is 2.73. The molecular formula is C13H19N3O2. The highest BCUT2D eigenvalue weighted by molar-refractivity contribution is 5.90. The molecular weight excluding hydrogens is 230 g/mol. The number of hydrogen-bond acceptors (Lipinski definition) is 4. The van der Waals surface area contributed by atoms with Gasteiger partial charge in [0, 0.05) is 19.6 Å². The molecule has 0 unspecified atom stereocenters. The molecule has 1 aliphatic heterocycles. The second kappa shape index (κ2) is 5.27. The van der Waals surface area contributed by atoms with E-state index >= 15 is 0 Å². The van der Waals surface area contributed by atoms with Crippen molar-refractivity contribution in [2.75, 3.05) is 43.9 Å². The number of likely N-dealkylation sites (N-methyl/N-ethyl adjacent to an activating group) is 1. The maximum atomic E-state index is 11.0. The Hall–Kier alpha value is -1.75. The van der Waals surface area contributed by atoms with Crippen molar-refractivity contribution in [1.82, 2.24) is 4.90 Å². The number of aromatic carboxylic acids is 1. The predicted octanol–water partition coefficient (Wildman–Crippen LogP) is 1.11. The van der Waals surface area contributed by atoms with E-state index in [0.717, 1.165) is 38.3 Å². The van der Waals surface area contributed by atoms with Crippen molar-refractivity contribution in [2.45, 2.75) is 6.42 Å². The fourth-order valence-corrected chi connectivity index (χ4v) is 2.24. The molecule has 1 aromatic rings. The van der Waals surface area contributed by atoms with Crippen LogP contribution in [0, 0.1) is 0 Å². The van der Waals surface area contributed by atoms with Crippen LogP contribution in [-0.2, 0) is 0 Å². The third-order valence-corrected chi connectivity index (χ3v) is 3.34. The second-order valence-corrected chi connectivity index (χ2v) is 4.72. The lowest BCUT2D eigenvalue weighted by Crippen LogP contribution is -2.29. The number of carboxylic acids is 1. The summed E-state index contributed by atoms with van der Waals surface area (Å²) < 4.78 is 0. The molecule has 1 saturated heterocycles. The summed E-state index contributed by atoms with van der Waals surface area (Å²) in [5, 5.41) is 9.03. The van der Waals surface area contributed by atoms with Gasteiger partial charge in [-0.25, -0.2) is 4.79 Å². The molecule has 0 aliphatic carbocycles. The molecule has 5 heteroatoms. The van der Waals surface area contributed by atoms with Crippen LogP contribution in [0.15, 0.2) is 18.2 Å². The van der Waals surface area contributed by atoms with Crippen molar-refractivity contribution in [1.29, 1.82) is 0 Å². The van der Waals surface area contributed by atoms with E-state index in [1.54, 1.807) is 18.2 Å². The lowest BCUT2D eigenvalue weighted by atomic mass is 10.1. The quantitative estimate of drug-likeness (QED) is 0.768. The average molecular weight is 249 g/mol. The Morgan fingerprint density at radius 3 is 2.78 bits per heavy atom. The van der Waals surface area contributed by atoms with Gasteiger partial charge in [-0.2, -0.15) is 0 Å². The zero-order valence-corrected chi connectivity index (χ0v) is 10.6. The largest absolute Gasteiger partial charge is 0.478 e. The number of hydrogen-bond donors (Lipinski definition) is 2. The zero-order chi connectivity index (χ0) is 13.1. The first-order valence-corrected chi connectivity index (χ1v) is 6.14. The number of nitrogen functional groups attached to an aromatic ring is 1. The molecule has 0 spiro atoms. The van der Waals surface area contributed by atoms with E-state index in [-0.39, 0.29) is 5.56 Å². The average Bonchev–Trinajstić information content (AvgIpc) is 2.54. The number of carboxylic acid groups (broad SMARTS) is 1. The number of nitrogens with two attached hydrogens (primary N) is 1. The Bertz CT molecular complexity index is 448. The molecule has 0 bridgehead atoms. The van der Waals surface area contributed by atoms with E-state index in [1.165, 1.54) is 0 Å². The lowest BCUT2D eigenvalue weighted by molar-refractivity contribution is 0.0697. The van der Waals surface area contributed by atoms with Crippen molar-refractivity contribution < 1.29 is 9.90 Å². The van der Waals surface area contributed by atoms with Gasteiger partial charge in [0.2, 0.25) is 0 Å². The highest BCUT2D eigenvalue weighted by atomic mass is 16.4. The molecule has 0 amide bonds. The van der Waals surface area contributed by atoms with Crippen LogP contribution in [0.5, 0.6) is 0 Å². The SMILES string of the molecule is CN1CCCN(c2cc(C(=O)O)ccc2N)CC1. The van der Waals surface area contributed by atoms with Gasteiger partial charge in [0.15, 0.2) is 0 Å². The van der Waals surface area contributed by atoms with Gasteiger partial charge in [0.05, 0.1) is 16.9 Å². The molecule has 5 nitrogen and oxygen atoms in total. The van der Waals surface area contributed by atoms with E-state index in [2.05, 4.69) is 16.8 Å². The second-order valence-electron chi connectivity index (χ2n) is 4.72. The van der Waals surface area contributed by atoms with E-state index in [0.29, 0.717) is 5.69 Å². The minimum absolute atomic E-state index is 0.289. The first-order chi connectivity index (χ1) is 8.58. The van der Waals surface area contributed by atoms with Gasteiger partial charge < -0.3 is 20.6 Å². The number of nitrogens with zero attached hydrogens (tertiary/aromatic N) is 2. The van der Waals surface area contributed by atoms with Crippen LogP contribution in [0.2, 0.25) is 0 Å². The number of carbonyl (C=O) groups is 1. The molecule has 0 saturated carbocycles. The summed E-state index contributed by atoms with van der Waals surface area (Å²) in [5.41, 5.74) is 7.73. The molecule has 0 radical (unpaired) electrons. The standard InChI is InChI=1S/C13H19N3O2/c1-15-5-2-6-16(8-7-15)12-9-10(13(17)18)3-4-11(12)14/h3-4,9H,2,5-8,14H2,1H3,(H,17,18). The molecule has 1 heterocycles. The van der Waals surface area contributed by atoms with Gasteiger partial charge >= 0.3 is 5.97 Å². The Balaban J connectivity index is 2.25. The molecule has 0 atom stereocenters. The summed E-state index contributed by atoms with van der Waals surface area (Å²) >= 11 is 0. The van der Waals surface area contributed by atoms with Crippen LogP contribution in [-0.4, -0.2) is 49.2 Å². The van der Waals surface area contributed by atoms with Crippen molar-refractivity contribution in [3.63, 3.8) is 0 Å². The number of benzene rings is 1. The van der Waals surface area contributed by atoms with E-state index in [4.69, 9.17) is 10.8 Å². The maximum Gasteiger partial charge on any atom is 0.335 e. The summed E-state index contributed by atoms with van der Waals surface area (Å²) in [6, 6.07) is 4.89. The number of rotatable bonds is 2. The molecule has 0 aromatic heterocycles. The predicted molar refractivity (Wildman–Crippen MR) is 72.1 cm³/mol. The maximum absolute atomic E-state index is 11.0. The van der Waals surface area contributed by atoms with Gasteiger partial charge in [0.1, 0.15) is 0 Å². The zero-order valence-electron chi connectivity index (χ0n) is 10.6. The molecule has 98 valence electrons. The van der Waals surface area contributed by atoms with Gasteiger partial charge in [-0.3, -0.25) is 0 Å². The first-order valence-electron chi connectivity index (χ1n) is 6.14. The number of anilines is 2. The summed E-state index contributed by atoms with van der Waals surface area (Å²) in [7, 11) is 2.10. The Morgan fingerprint density at radius 2 is 2.06 bits per heavy atom. The van der Waals surface area contributed by atoms with Gasteiger partial charge in [-0.15, -0.1) is 0 Å². The normalized spacial score (nSPS) is 17.5. The first kappa shape index (κ1) is 12.7. The summed E-state index contributed by atoms with van der Waals surface area (Å²) in [6.45, 7) is 3.83. The molecule has 1 aromatic carbocycles. The Kier molecular flexibility index (Phi) is 3.72.